The van der Waals surface area contributed by atoms with E-state index in [1.165, 1.54) is 83.5 Å². The lowest BCUT2D eigenvalue weighted by Crippen LogP contribution is -2.73. The van der Waals surface area contributed by atoms with Crippen LogP contribution in [0.15, 0.2) is 0 Å². The fourth-order valence-corrected chi connectivity index (χ4v) is 7.35. The first-order valence-corrected chi connectivity index (χ1v) is 18.4. The molecule has 0 radical (unpaired) electrons. The highest BCUT2D eigenvalue weighted by molar-refractivity contribution is 5.69. The lowest BCUT2D eigenvalue weighted by atomic mass is 9.66. The van der Waals surface area contributed by atoms with Gasteiger partial charge in [0, 0.05) is 18.8 Å². The molecule has 0 bridgehead atoms. The molecule has 7 nitrogen and oxygen atoms in total. The molecule has 2 aliphatic heterocycles. The van der Waals surface area contributed by atoms with E-state index in [1.54, 1.807) is 0 Å². The Bertz CT molecular complexity index is 812. The highest BCUT2D eigenvalue weighted by atomic mass is 16.7. The molecule has 3 unspecified atom stereocenters. The molecule has 1 spiro atoms. The van der Waals surface area contributed by atoms with Crippen molar-refractivity contribution in [2.45, 2.75) is 194 Å². The number of ether oxygens (including phenoxy) is 3. The van der Waals surface area contributed by atoms with E-state index >= 15 is 0 Å². The van der Waals surface area contributed by atoms with E-state index in [9.17, 15) is 9.59 Å². The molecular formula is C37H69NO6. The van der Waals surface area contributed by atoms with E-state index in [4.69, 9.17) is 19.0 Å². The van der Waals surface area contributed by atoms with Crippen molar-refractivity contribution in [2.75, 3.05) is 19.8 Å². The molecule has 2 saturated heterocycles. The Kier molecular flexibility index (Phi) is 17.3. The molecule has 0 aromatic carbocycles. The molecule has 258 valence electrons. The lowest BCUT2D eigenvalue weighted by molar-refractivity contribution is -0.401. The summed E-state index contributed by atoms with van der Waals surface area (Å²) in [6.07, 6.45) is 23.1. The molecule has 2 heterocycles. The van der Waals surface area contributed by atoms with E-state index in [0.29, 0.717) is 39.1 Å². The van der Waals surface area contributed by atoms with Gasteiger partial charge in [-0.15, -0.1) is 5.06 Å². The monoisotopic (exact) mass is 624 g/mol. The van der Waals surface area contributed by atoms with Gasteiger partial charge in [-0.2, -0.15) is 0 Å². The Morgan fingerprint density at radius 2 is 1.27 bits per heavy atom. The Hall–Kier alpha value is -1.18. The van der Waals surface area contributed by atoms with E-state index in [-0.39, 0.29) is 17.3 Å². The summed E-state index contributed by atoms with van der Waals surface area (Å²) in [7, 11) is 0. The largest absolute Gasteiger partial charge is 0.465 e. The van der Waals surface area contributed by atoms with Crippen LogP contribution in [0.3, 0.4) is 0 Å². The number of nitrogens with zero attached hydrogens (tertiary/aromatic N) is 1. The molecule has 0 aromatic heterocycles. The van der Waals surface area contributed by atoms with Gasteiger partial charge in [0.25, 0.3) is 0 Å². The van der Waals surface area contributed by atoms with Crippen molar-refractivity contribution >= 4 is 12.4 Å². The van der Waals surface area contributed by atoms with Crippen LogP contribution in [0.1, 0.15) is 177 Å². The minimum absolute atomic E-state index is 0.0397. The SMILES string of the molecule is CCCCCCCCCCCCCCCCCC(=O)OCC1(CC)COC2(CC(C)(CC)N(OC=O)C(C)(CC)C2C)OC1. The molecule has 2 fully saturated rings. The number of hydroxylamine groups is 2. The van der Waals surface area contributed by atoms with Crippen LogP contribution in [0, 0.1) is 11.3 Å². The molecule has 2 aliphatic rings. The van der Waals surface area contributed by atoms with E-state index in [0.717, 1.165) is 32.1 Å². The number of carbonyl (C=O) groups excluding carboxylic acids is 2. The molecule has 44 heavy (non-hydrogen) atoms. The highest BCUT2D eigenvalue weighted by Crippen LogP contribution is 2.54. The molecular weight excluding hydrogens is 554 g/mol. The first-order chi connectivity index (χ1) is 21.1. The number of unbranched alkanes of at least 4 members (excludes halogenated alkanes) is 14. The fourth-order valence-electron chi connectivity index (χ4n) is 7.35. The summed E-state index contributed by atoms with van der Waals surface area (Å²) in [6.45, 7) is 16.8. The van der Waals surface area contributed by atoms with E-state index in [1.807, 2.05) is 5.06 Å². The van der Waals surface area contributed by atoms with Gasteiger partial charge in [-0.05, 0) is 39.5 Å². The third kappa shape index (κ3) is 10.7. The Labute approximate surface area is 270 Å². The van der Waals surface area contributed by atoms with Crippen LogP contribution >= 0.6 is 0 Å². The Morgan fingerprint density at radius 1 is 0.773 bits per heavy atom. The van der Waals surface area contributed by atoms with E-state index in [2.05, 4.69) is 48.5 Å². The van der Waals surface area contributed by atoms with Crippen LogP contribution in [0.4, 0.5) is 0 Å². The summed E-state index contributed by atoms with van der Waals surface area (Å²) in [5, 5.41) is 1.89. The third-order valence-electron chi connectivity index (χ3n) is 11.3. The number of hydrogen-bond acceptors (Lipinski definition) is 7. The zero-order valence-corrected chi connectivity index (χ0v) is 29.8. The van der Waals surface area contributed by atoms with Gasteiger partial charge in [0.1, 0.15) is 6.61 Å². The smallest absolute Gasteiger partial charge is 0.313 e. The van der Waals surface area contributed by atoms with Gasteiger partial charge in [-0.1, -0.05) is 125 Å². The minimum Gasteiger partial charge on any atom is -0.465 e. The van der Waals surface area contributed by atoms with Crippen LogP contribution in [0.2, 0.25) is 0 Å². The predicted molar refractivity (Wildman–Crippen MR) is 178 cm³/mol. The normalized spacial score (nSPS) is 30.8. The molecule has 0 N–H and O–H groups in total. The van der Waals surface area contributed by atoms with Crippen molar-refractivity contribution in [2.24, 2.45) is 11.3 Å². The van der Waals surface area contributed by atoms with Crippen molar-refractivity contribution in [3.05, 3.63) is 0 Å². The summed E-state index contributed by atoms with van der Waals surface area (Å²) in [6, 6.07) is 0. The van der Waals surface area contributed by atoms with Crippen molar-refractivity contribution < 1.29 is 28.6 Å². The van der Waals surface area contributed by atoms with Gasteiger partial charge in [0.15, 0.2) is 5.79 Å². The molecule has 3 atom stereocenters. The van der Waals surface area contributed by atoms with E-state index < -0.39 is 16.9 Å². The average Bonchev–Trinajstić information content (AvgIpc) is 3.04. The number of rotatable bonds is 23. The second-order valence-electron chi connectivity index (χ2n) is 14.6. The van der Waals surface area contributed by atoms with Crippen LogP contribution < -0.4 is 0 Å². The van der Waals surface area contributed by atoms with Gasteiger partial charge < -0.3 is 19.0 Å². The number of carbonyl (C=O) groups is 2. The second-order valence-corrected chi connectivity index (χ2v) is 14.6. The van der Waals surface area contributed by atoms with Crippen LogP contribution in [0.5, 0.6) is 0 Å². The maximum absolute atomic E-state index is 12.6. The second kappa shape index (κ2) is 19.5. The molecule has 2 rings (SSSR count). The first-order valence-electron chi connectivity index (χ1n) is 18.4. The van der Waals surface area contributed by atoms with Crippen LogP contribution in [0.25, 0.3) is 0 Å². The van der Waals surface area contributed by atoms with Crippen LogP contribution in [-0.4, -0.2) is 54.2 Å². The van der Waals surface area contributed by atoms with Crippen molar-refractivity contribution in [3.63, 3.8) is 0 Å². The lowest BCUT2D eigenvalue weighted by Gasteiger charge is -2.63. The number of hydrogen-bond donors (Lipinski definition) is 0. The summed E-state index contributed by atoms with van der Waals surface area (Å²) >= 11 is 0. The number of piperidine rings is 1. The Balaban J connectivity index is 1.68. The quantitative estimate of drug-likeness (QED) is 0.0637. The zero-order chi connectivity index (χ0) is 32.5. The highest BCUT2D eigenvalue weighted by Gasteiger charge is 2.64. The molecule has 0 amide bonds. The summed E-state index contributed by atoms with van der Waals surface area (Å²) in [5.41, 5.74) is -1.22. The molecule has 0 aromatic rings. The summed E-state index contributed by atoms with van der Waals surface area (Å²) in [4.78, 5) is 29.7. The van der Waals surface area contributed by atoms with Crippen molar-refractivity contribution in [3.8, 4) is 0 Å². The first kappa shape index (κ1) is 39.0. The maximum Gasteiger partial charge on any atom is 0.313 e. The van der Waals surface area contributed by atoms with Crippen molar-refractivity contribution in [1.29, 1.82) is 0 Å². The van der Waals surface area contributed by atoms with Gasteiger partial charge in [0.05, 0.1) is 29.7 Å². The maximum atomic E-state index is 12.6. The average molecular weight is 624 g/mol. The topological polar surface area (TPSA) is 74.3 Å². The van der Waals surface area contributed by atoms with Crippen molar-refractivity contribution in [1.82, 2.24) is 5.06 Å². The number of esters is 1. The summed E-state index contributed by atoms with van der Waals surface area (Å²) in [5.74, 6) is -0.936. The Morgan fingerprint density at radius 3 is 1.70 bits per heavy atom. The zero-order valence-electron chi connectivity index (χ0n) is 29.8. The summed E-state index contributed by atoms with van der Waals surface area (Å²) < 4.78 is 19.2. The van der Waals surface area contributed by atoms with Gasteiger partial charge in [-0.3, -0.25) is 9.59 Å². The molecule has 7 heteroatoms. The molecule has 0 saturated carbocycles. The van der Waals surface area contributed by atoms with Crippen LogP contribution in [-0.2, 0) is 28.6 Å². The minimum atomic E-state index is -0.783. The molecule has 0 aliphatic carbocycles. The predicted octanol–water partition coefficient (Wildman–Crippen LogP) is 9.70. The standard InChI is InChI=1S/C37H69NO6/c1-8-12-13-14-15-16-17-18-19-20-21-22-23-24-25-26-33(40)41-28-36(11-4)29-42-37(43-30-36)27-34(6,9-2)38(44-31-39)35(7,10-3)32(37)5/h31-32H,8-30H2,1-7H3. The third-order valence-corrected chi connectivity index (χ3v) is 11.3. The van der Waals surface area contributed by atoms with Gasteiger partial charge in [0.2, 0.25) is 0 Å². The van der Waals surface area contributed by atoms with Gasteiger partial charge >= 0.3 is 12.4 Å². The van der Waals surface area contributed by atoms with Gasteiger partial charge in [-0.25, -0.2) is 0 Å². The fraction of sp³-hybridized carbons (Fsp3) is 0.946.